The maximum absolute atomic E-state index is 14.3. The molecule has 1 aromatic heterocycles. The molecule has 0 bridgehead atoms. The van der Waals surface area contributed by atoms with E-state index in [0.29, 0.717) is 12.2 Å². The zero-order chi connectivity index (χ0) is 15.2. The predicted octanol–water partition coefficient (Wildman–Crippen LogP) is 3.32. The molecule has 4 nitrogen and oxygen atoms in total. The minimum Gasteiger partial charge on any atom is -0.368 e. The van der Waals surface area contributed by atoms with E-state index in [9.17, 15) is 9.18 Å². The first-order valence-electron chi connectivity index (χ1n) is 6.86. The molecule has 0 saturated carbocycles. The number of hydrogen-bond donors (Lipinski definition) is 1. The van der Waals surface area contributed by atoms with Crippen molar-refractivity contribution in [3.63, 3.8) is 0 Å². The molecule has 1 heterocycles. The molecular weight excluding hydrogens is 269 g/mol. The molecule has 0 aliphatic rings. The fourth-order valence-corrected chi connectivity index (χ4v) is 1.93. The Kier molecular flexibility index (Phi) is 4.87. The molecule has 1 aromatic carbocycles. The number of pyridine rings is 1. The van der Waals surface area contributed by atoms with Crippen LogP contribution in [-0.4, -0.2) is 24.5 Å². The summed E-state index contributed by atoms with van der Waals surface area (Å²) in [6.07, 6.45) is 2.29. The third-order valence-corrected chi connectivity index (χ3v) is 3.11. The van der Waals surface area contributed by atoms with Gasteiger partial charge in [-0.25, -0.2) is 9.37 Å². The molecule has 21 heavy (non-hydrogen) atoms. The highest BCUT2D eigenvalue weighted by Gasteiger charge is 2.20. The van der Waals surface area contributed by atoms with Gasteiger partial charge >= 0.3 is 0 Å². The van der Waals surface area contributed by atoms with Gasteiger partial charge in [0.15, 0.2) is 11.6 Å². The van der Waals surface area contributed by atoms with Crippen molar-refractivity contribution in [1.82, 2.24) is 4.98 Å². The number of hydrogen-bond acceptors (Lipinski definition) is 3. The van der Waals surface area contributed by atoms with Crippen molar-refractivity contribution in [2.24, 2.45) is 0 Å². The van der Waals surface area contributed by atoms with E-state index in [-0.39, 0.29) is 11.4 Å². The predicted molar refractivity (Wildman–Crippen MR) is 82.2 cm³/mol. The van der Waals surface area contributed by atoms with Crippen LogP contribution in [-0.2, 0) is 0 Å². The van der Waals surface area contributed by atoms with Crippen molar-refractivity contribution in [2.45, 2.75) is 13.3 Å². The average Bonchev–Trinajstić information content (AvgIpc) is 2.53. The van der Waals surface area contributed by atoms with Crippen LogP contribution in [0.5, 0.6) is 0 Å². The number of nitrogens with one attached hydrogen (secondary N) is 1. The Morgan fingerprint density at radius 1 is 1.29 bits per heavy atom. The van der Waals surface area contributed by atoms with Crippen molar-refractivity contribution in [3.05, 3.63) is 54.0 Å². The van der Waals surface area contributed by atoms with Gasteiger partial charge in [0.2, 0.25) is 0 Å². The van der Waals surface area contributed by atoms with Gasteiger partial charge in [0.25, 0.3) is 5.91 Å². The third-order valence-electron chi connectivity index (χ3n) is 3.11. The Hall–Kier alpha value is -2.43. The second kappa shape index (κ2) is 6.83. The molecule has 5 heteroatoms. The lowest BCUT2D eigenvalue weighted by molar-refractivity contribution is 0.0989. The van der Waals surface area contributed by atoms with E-state index < -0.39 is 11.7 Å². The van der Waals surface area contributed by atoms with Crippen LogP contribution in [0, 0.1) is 5.82 Å². The van der Waals surface area contributed by atoms with Crippen LogP contribution < -0.4 is 10.2 Å². The molecule has 0 aliphatic carbocycles. The van der Waals surface area contributed by atoms with Gasteiger partial charge in [0.1, 0.15) is 0 Å². The molecule has 0 saturated heterocycles. The van der Waals surface area contributed by atoms with E-state index >= 15 is 0 Å². The van der Waals surface area contributed by atoms with Gasteiger partial charge in [-0.3, -0.25) is 4.79 Å². The highest BCUT2D eigenvalue weighted by Crippen LogP contribution is 2.20. The van der Waals surface area contributed by atoms with Crippen molar-refractivity contribution in [2.75, 3.05) is 23.8 Å². The van der Waals surface area contributed by atoms with E-state index in [0.717, 1.165) is 6.42 Å². The maximum atomic E-state index is 14.3. The number of carbonyl (C=O) groups excluding carboxylic acids is 1. The fraction of sp³-hybridized carbons (Fsp3) is 0.250. The molecule has 0 radical (unpaired) electrons. The first-order valence-corrected chi connectivity index (χ1v) is 6.86. The third kappa shape index (κ3) is 3.37. The SMILES string of the molecule is CCCNc1nccc(C(=O)N(C)c2ccccc2)c1F. The van der Waals surface area contributed by atoms with Gasteiger partial charge in [-0.2, -0.15) is 0 Å². The van der Waals surface area contributed by atoms with Crippen LogP contribution in [0.4, 0.5) is 15.9 Å². The van der Waals surface area contributed by atoms with Crippen molar-refractivity contribution < 1.29 is 9.18 Å². The molecule has 0 unspecified atom stereocenters. The Bertz CT molecular complexity index is 616. The number of para-hydroxylation sites is 1. The normalized spacial score (nSPS) is 10.2. The minimum atomic E-state index is -0.612. The monoisotopic (exact) mass is 287 g/mol. The summed E-state index contributed by atoms with van der Waals surface area (Å²) in [4.78, 5) is 17.8. The Labute approximate surface area is 123 Å². The number of amides is 1. The number of halogens is 1. The molecule has 110 valence electrons. The summed E-state index contributed by atoms with van der Waals surface area (Å²) in [7, 11) is 1.62. The fourth-order valence-electron chi connectivity index (χ4n) is 1.93. The molecule has 0 spiro atoms. The summed E-state index contributed by atoms with van der Waals surface area (Å²) in [6, 6.07) is 10.5. The van der Waals surface area contributed by atoms with Gasteiger partial charge in [-0.1, -0.05) is 25.1 Å². The lowest BCUT2D eigenvalue weighted by Crippen LogP contribution is -2.27. The summed E-state index contributed by atoms with van der Waals surface area (Å²) in [5.74, 6) is -0.899. The van der Waals surface area contributed by atoms with Gasteiger partial charge in [0.05, 0.1) is 5.56 Å². The van der Waals surface area contributed by atoms with Gasteiger partial charge in [-0.15, -0.1) is 0 Å². The molecule has 0 atom stereocenters. The summed E-state index contributed by atoms with van der Waals surface area (Å²) < 4.78 is 14.3. The van der Waals surface area contributed by atoms with E-state index in [1.165, 1.54) is 17.2 Å². The van der Waals surface area contributed by atoms with Crippen LogP contribution in [0.1, 0.15) is 23.7 Å². The van der Waals surface area contributed by atoms with Crippen molar-refractivity contribution in [1.29, 1.82) is 0 Å². The summed E-state index contributed by atoms with van der Waals surface area (Å²) in [5.41, 5.74) is 0.719. The van der Waals surface area contributed by atoms with Crippen LogP contribution in [0.15, 0.2) is 42.6 Å². The maximum Gasteiger partial charge on any atom is 0.261 e. The molecule has 1 N–H and O–H groups in total. The second-order valence-corrected chi connectivity index (χ2v) is 4.65. The number of carbonyl (C=O) groups is 1. The Morgan fingerprint density at radius 2 is 2.00 bits per heavy atom. The van der Waals surface area contributed by atoms with E-state index in [2.05, 4.69) is 10.3 Å². The van der Waals surface area contributed by atoms with Crippen LogP contribution >= 0.6 is 0 Å². The molecule has 0 aliphatic heterocycles. The minimum absolute atomic E-state index is 0.00922. The highest BCUT2D eigenvalue weighted by atomic mass is 19.1. The average molecular weight is 287 g/mol. The number of anilines is 2. The Balaban J connectivity index is 2.27. The van der Waals surface area contributed by atoms with Crippen LogP contribution in [0.25, 0.3) is 0 Å². The summed E-state index contributed by atoms with van der Waals surface area (Å²) in [6.45, 7) is 2.58. The Morgan fingerprint density at radius 3 is 2.67 bits per heavy atom. The van der Waals surface area contributed by atoms with Crippen LogP contribution in [0.3, 0.4) is 0 Å². The smallest absolute Gasteiger partial charge is 0.261 e. The largest absolute Gasteiger partial charge is 0.368 e. The first kappa shape index (κ1) is 15.0. The lowest BCUT2D eigenvalue weighted by Gasteiger charge is -2.18. The molecule has 2 aromatic rings. The summed E-state index contributed by atoms with van der Waals surface area (Å²) >= 11 is 0. The quantitative estimate of drug-likeness (QED) is 0.917. The molecular formula is C16H18FN3O. The number of nitrogens with zero attached hydrogens (tertiary/aromatic N) is 2. The number of rotatable bonds is 5. The summed E-state index contributed by atoms with van der Waals surface area (Å²) in [5, 5.41) is 2.88. The van der Waals surface area contributed by atoms with Gasteiger partial charge in [-0.05, 0) is 24.6 Å². The standard InChI is InChI=1S/C16H18FN3O/c1-3-10-18-15-14(17)13(9-11-19-15)16(21)20(2)12-7-5-4-6-8-12/h4-9,11H,3,10H2,1-2H3,(H,18,19). The molecule has 0 fully saturated rings. The zero-order valence-corrected chi connectivity index (χ0v) is 12.1. The number of benzene rings is 1. The van der Waals surface area contributed by atoms with E-state index in [4.69, 9.17) is 0 Å². The lowest BCUT2D eigenvalue weighted by atomic mass is 10.2. The van der Waals surface area contributed by atoms with Crippen molar-refractivity contribution >= 4 is 17.4 Å². The number of aromatic nitrogens is 1. The van der Waals surface area contributed by atoms with Crippen LogP contribution in [0.2, 0.25) is 0 Å². The van der Waals surface area contributed by atoms with Gasteiger partial charge in [0, 0.05) is 25.5 Å². The highest BCUT2D eigenvalue weighted by molar-refractivity contribution is 6.06. The first-order chi connectivity index (χ1) is 10.1. The topological polar surface area (TPSA) is 45.2 Å². The zero-order valence-electron chi connectivity index (χ0n) is 12.1. The van der Waals surface area contributed by atoms with E-state index in [1.54, 1.807) is 19.2 Å². The van der Waals surface area contributed by atoms with E-state index in [1.807, 2.05) is 25.1 Å². The van der Waals surface area contributed by atoms with Gasteiger partial charge < -0.3 is 10.2 Å². The molecule has 2 rings (SSSR count). The second-order valence-electron chi connectivity index (χ2n) is 4.65. The molecule has 1 amide bonds. The van der Waals surface area contributed by atoms with Crippen molar-refractivity contribution in [3.8, 4) is 0 Å².